The first-order valence-corrected chi connectivity index (χ1v) is 10.6. The number of amides is 2. The van der Waals surface area contributed by atoms with Crippen LogP contribution in [0, 0.1) is 0 Å². The zero-order valence-electron chi connectivity index (χ0n) is 15.9. The number of hydrogen-bond donors (Lipinski definition) is 2. The second-order valence-corrected chi connectivity index (χ2v) is 8.08. The van der Waals surface area contributed by atoms with E-state index in [1.54, 1.807) is 18.2 Å². The van der Waals surface area contributed by atoms with Crippen LogP contribution in [0.15, 0.2) is 46.9 Å². The number of benzene rings is 2. The Balaban J connectivity index is 1.50. The maximum Gasteiger partial charge on any atom is 0.253 e. The van der Waals surface area contributed by atoms with Crippen LogP contribution in [-0.4, -0.2) is 49.6 Å². The standard InChI is InChI=1S/C21H23BrClN3O3/c22-16-4-5-19(23)18(13-16)21(28)24-14-15-2-1-3-17(12-15)25-20(27)6-7-26-8-10-29-11-9-26/h1-5,12-13H,6-11,14H2,(H,24,28)(H,25,27). The molecule has 0 unspecified atom stereocenters. The molecule has 2 N–H and O–H groups in total. The van der Waals surface area contributed by atoms with E-state index in [0.717, 1.165) is 42.9 Å². The summed E-state index contributed by atoms with van der Waals surface area (Å²) < 4.78 is 6.10. The van der Waals surface area contributed by atoms with Gasteiger partial charge in [0.2, 0.25) is 5.91 Å². The van der Waals surface area contributed by atoms with Crippen LogP contribution in [0.2, 0.25) is 5.02 Å². The highest BCUT2D eigenvalue weighted by Crippen LogP contribution is 2.21. The number of ether oxygens (including phenoxy) is 1. The largest absolute Gasteiger partial charge is 0.379 e. The Morgan fingerprint density at radius 1 is 1.14 bits per heavy atom. The van der Waals surface area contributed by atoms with Gasteiger partial charge < -0.3 is 15.4 Å². The van der Waals surface area contributed by atoms with E-state index in [2.05, 4.69) is 31.5 Å². The molecule has 6 nitrogen and oxygen atoms in total. The molecule has 1 saturated heterocycles. The predicted octanol–water partition coefficient (Wildman–Crippen LogP) is 3.69. The van der Waals surface area contributed by atoms with Crippen molar-refractivity contribution in [2.75, 3.05) is 38.2 Å². The Bertz CT molecular complexity index is 872. The maximum absolute atomic E-state index is 12.4. The number of rotatable bonds is 7. The molecule has 1 aliphatic heterocycles. The van der Waals surface area contributed by atoms with Crippen LogP contribution in [-0.2, 0) is 16.1 Å². The van der Waals surface area contributed by atoms with Crippen LogP contribution in [0.5, 0.6) is 0 Å². The maximum atomic E-state index is 12.4. The molecule has 154 valence electrons. The number of carbonyl (C=O) groups is 2. The van der Waals surface area contributed by atoms with Crippen molar-refractivity contribution in [3.05, 3.63) is 63.1 Å². The number of morpholine rings is 1. The molecule has 2 aromatic carbocycles. The highest BCUT2D eigenvalue weighted by Gasteiger charge is 2.13. The van der Waals surface area contributed by atoms with Crippen LogP contribution in [0.3, 0.4) is 0 Å². The first-order chi connectivity index (χ1) is 14.0. The zero-order chi connectivity index (χ0) is 20.6. The van der Waals surface area contributed by atoms with Gasteiger partial charge in [0.15, 0.2) is 0 Å². The van der Waals surface area contributed by atoms with Gasteiger partial charge in [0, 0.05) is 42.8 Å². The SMILES string of the molecule is O=C(CCN1CCOCC1)Nc1cccc(CNC(=O)c2cc(Br)ccc2Cl)c1. The minimum Gasteiger partial charge on any atom is -0.379 e. The third-order valence-corrected chi connectivity index (χ3v) is 5.42. The predicted molar refractivity (Wildman–Crippen MR) is 117 cm³/mol. The molecular weight excluding hydrogens is 458 g/mol. The van der Waals surface area contributed by atoms with Crippen molar-refractivity contribution >= 4 is 45.0 Å². The molecule has 0 spiro atoms. The lowest BCUT2D eigenvalue weighted by Gasteiger charge is -2.26. The molecule has 1 fully saturated rings. The summed E-state index contributed by atoms with van der Waals surface area (Å²) in [5.41, 5.74) is 2.01. The summed E-state index contributed by atoms with van der Waals surface area (Å²) in [4.78, 5) is 26.8. The molecule has 0 aliphatic carbocycles. The molecule has 2 aromatic rings. The highest BCUT2D eigenvalue weighted by atomic mass is 79.9. The van der Waals surface area contributed by atoms with Gasteiger partial charge in [-0.1, -0.05) is 39.7 Å². The van der Waals surface area contributed by atoms with E-state index >= 15 is 0 Å². The monoisotopic (exact) mass is 479 g/mol. The van der Waals surface area contributed by atoms with Gasteiger partial charge in [-0.25, -0.2) is 0 Å². The Labute approximate surface area is 183 Å². The number of anilines is 1. The lowest BCUT2D eigenvalue weighted by molar-refractivity contribution is -0.116. The molecule has 1 aliphatic rings. The summed E-state index contributed by atoms with van der Waals surface area (Å²) in [6.07, 6.45) is 0.433. The normalized spacial score (nSPS) is 14.4. The van der Waals surface area contributed by atoms with Crippen molar-refractivity contribution in [3.8, 4) is 0 Å². The zero-order valence-corrected chi connectivity index (χ0v) is 18.3. The first kappa shape index (κ1) is 21.8. The molecule has 1 heterocycles. The number of hydrogen-bond acceptors (Lipinski definition) is 4. The summed E-state index contributed by atoms with van der Waals surface area (Å²) in [5.74, 6) is -0.283. The number of halogens is 2. The molecule has 0 atom stereocenters. The molecule has 2 amide bonds. The van der Waals surface area contributed by atoms with Gasteiger partial charge in [0.25, 0.3) is 5.91 Å². The lowest BCUT2D eigenvalue weighted by Crippen LogP contribution is -2.38. The van der Waals surface area contributed by atoms with Crippen molar-refractivity contribution in [1.82, 2.24) is 10.2 Å². The van der Waals surface area contributed by atoms with Gasteiger partial charge in [-0.3, -0.25) is 14.5 Å². The molecule has 29 heavy (non-hydrogen) atoms. The summed E-state index contributed by atoms with van der Waals surface area (Å²) in [5, 5.41) is 6.17. The summed E-state index contributed by atoms with van der Waals surface area (Å²) in [6.45, 7) is 4.23. The summed E-state index contributed by atoms with van der Waals surface area (Å²) in [7, 11) is 0. The van der Waals surface area contributed by atoms with E-state index < -0.39 is 0 Å². The van der Waals surface area contributed by atoms with Gasteiger partial charge >= 0.3 is 0 Å². The highest BCUT2D eigenvalue weighted by molar-refractivity contribution is 9.10. The van der Waals surface area contributed by atoms with E-state index in [9.17, 15) is 9.59 Å². The van der Waals surface area contributed by atoms with Crippen LogP contribution >= 0.6 is 27.5 Å². The smallest absolute Gasteiger partial charge is 0.253 e. The lowest BCUT2D eigenvalue weighted by atomic mass is 10.1. The molecule has 8 heteroatoms. The Kier molecular flexibility index (Phi) is 8.06. The van der Waals surface area contributed by atoms with Gasteiger partial charge in [0.05, 0.1) is 23.8 Å². The molecule has 0 radical (unpaired) electrons. The van der Waals surface area contributed by atoms with E-state index in [1.165, 1.54) is 0 Å². The Morgan fingerprint density at radius 3 is 2.72 bits per heavy atom. The third kappa shape index (κ3) is 6.82. The Hall–Kier alpha value is -1.93. The summed E-state index contributed by atoms with van der Waals surface area (Å²) >= 11 is 9.44. The van der Waals surface area contributed by atoms with Gasteiger partial charge in [-0.15, -0.1) is 0 Å². The second kappa shape index (κ2) is 10.7. The molecule has 0 aromatic heterocycles. The van der Waals surface area contributed by atoms with E-state index in [4.69, 9.17) is 16.3 Å². The molecular formula is C21H23BrClN3O3. The van der Waals surface area contributed by atoms with Gasteiger partial charge in [-0.2, -0.15) is 0 Å². The minimum atomic E-state index is -0.253. The minimum absolute atomic E-state index is 0.0291. The van der Waals surface area contributed by atoms with Crippen LogP contribution < -0.4 is 10.6 Å². The number of nitrogens with zero attached hydrogens (tertiary/aromatic N) is 1. The average molecular weight is 481 g/mol. The van der Waals surface area contributed by atoms with E-state index in [-0.39, 0.29) is 11.8 Å². The number of carbonyl (C=O) groups excluding carboxylic acids is 2. The quantitative estimate of drug-likeness (QED) is 0.634. The van der Waals surface area contributed by atoms with Crippen LogP contribution in [0.1, 0.15) is 22.3 Å². The molecule has 0 saturated carbocycles. The van der Waals surface area contributed by atoms with Crippen LogP contribution in [0.4, 0.5) is 5.69 Å². The van der Waals surface area contributed by atoms with E-state index in [1.807, 2.05) is 24.3 Å². The molecule has 3 rings (SSSR count). The van der Waals surface area contributed by atoms with Crippen molar-refractivity contribution in [1.29, 1.82) is 0 Å². The van der Waals surface area contributed by atoms with Crippen molar-refractivity contribution in [2.45, 2.75) is 13.0 Å². The van der Waals surface area contributed by atoms with Gasteiger partial charge in [0.1, 0.15) is 0 Å². The second-order valence-electron chi connectivity index (χ2n) is 6.76. The van der Waals surface area contributed by atoms with Gasteiger partial charge in [-0.05, 0) is 35.9 Å². The fraction of sp³-hybridized carbons (Fsp3) is 0.333. The van der Waals surface area contributed by atoms with Crippen molar-refractivity contribution in [3.63, 3.8) is 0 Å². The summed E-state index contributed by atoms with van der Waals surface area (Å²) in [6, 6.07) is 12.6. The first-order valence-electron chi connectivity index (χ1n) is 9.43. The van der Waals surface area contributed by atoms with Crippen molar-refractivity contribution < 1.29 is 14.3 Å². The van der Waals surface area contributed by atoms with Crippen molar-refractivity contribution in [2.24, 2.45) is 0 Å². The topological polar surface area (TPSA) is 70.7 Å². The fourth-order valence-electron chi connectivity index (χ4n) is 3.02. The van der Waals surface area contributed by atoms with Crippen LogP contribution in [0.25, 0.3) is 0 Å². The Morgan fingerprint density at radius 2 is 1.93 bits per heavy atom. The molecule has 0 bridgehead atoms. The third-order valence-electron chi connectivity index (χ3n) is 4.60. The fourth-order valence-corrected chi connectivity index (χ4v) is 3.58. The average Bonchev–Trinajstić information content (AvgIpc) is 2.73. The number of nitrogens with one attached hydrogen (secondary N) is 2. The van der Waals surface area contributed by atoms with E-state index in [0.29, 0.717) is 29.2 Å².